The largest absolute Gasteiger partial charge is 0.494 e. The van der Waals surface area contributed by atoms with Crippen molar-refractivity contribution < 1.29 is 13.9 Å². The fourth-order valence-electron chi connectivity index (χ4n) is 2.12. The molecule has 2 rings (SSSR count). The highest BCUT2D eigenvalue weighted by Crippen LogP contribution is 2.27. The highest BCUT2D eigenvalue weighted by Gasteiger charge is 2.12. The number of methoxy groups -OCH3 is 1. The molecule has 4 heteroatoms. The molecular weight excluding hydrogens is 269 g/mol. The first-order valence-electron chi connectivity index (χ1n) is 6.83. The molecule has 0 saturated carbocycles. The number of halogens is 1. The molecule has 0 heterocycles. The topological polar surface area (TPSA) is 44.5 Å². The lowest BCUT2D eigenvalue weighted by Crippen LogP contribution is -2.09. The maximum atomic E-state index is 14.1. The minimum atomic E-state index is -0.394. The van der Waals surface area contributed by atoms with Crippen molar-refractivity contribution in [3.63, 3.8) is 0 Å². The maximum Gasteiger partial charge on any atom is 0.171 e. The van der Waals surface area contributed by atoms with Crippen LogP contribution in [0.15, 0.2) is 36.4 Å². The van der Waals surface area contributed by atoms with E-state index in [0.717, 1.165) is 11.1 Å². The van der Waals surface area contributed by atoms with Crippen molar-refractivity contribution in [3.8, 4) is 11.5 Å². The van der Waals surface area contributed by atoms with E-state index in [1.54, 1.807) is 18.2 Å². The number of nitrogens with two attached hydrogens (primary N) is 1. The van der Waals surface area contributed by atoms with Gasteiger partial charge in [0.15, 0.2) is 11.6 Å². The van der Waals surface area contributed by atoms with Crippen LogP contribution in [0.5, 0.6) is 11.5 Å². The smallest absolute Gasteiger partial charge is 0.171 e. The van der Waals surface area contributed by atoms with Gasteiger partial charge in [0.05, 0.1) is 7.11 Å². The summed E-state index contributed by atoms with van der Waals surface area (Å²) in [6, 6.07) is 10.7. The van der Waals surface area contributed by atoms with E-state index in [9.17, 15) is 4.39 Å². The van der Waals surface area contributed by atoms with E-state index in [1.165, 1.54) is 7.11 Å². The summed E-state index contributed by atoms with van der Waals surface area (Å²) < 4.78 is 24.8. The molecule has 2 aromatic rings. The summed E-state index contributed by atoms with van der Waals surface area (Å²) in [6.07, 6.45) is 0. The Balaban J connectivity index is 2.22. The van der Waals surface area contributed by atoms with Crippen LogP contribution in [0.25, 0.3) is 0 Å². The van der Waals surface area contributed by atoms with Gasteiger partial charge in [0, 0.05) is 17.2 Å². The average Bonchev–Trinajstić information content (AvgIpc) is 2.46. The van der Waals surface area contributed by atoms with Crippen molar-refractivity contribution >= 4 is 0 Å². The van der Waals surface area contributed by atoms with Crippen molar-refractivity contribution in [1.29, 1.82) is 0 Å². The average molecular weight is 289 g/mol. The molecule has 112 valence electrons. The van der Waals surface area contributed by atoms with Crippen LogP contribution in [0.3, 0.4) is 0 Å². The highest BCUT2D eigenvalue weighted by atomic mass is 19.1. The Morgan fingerprint density at radius 2 is 1.95 bits per heavy atom. The molecule has 2 aromatic carbocycles. The molecule has 2 N–H and O–H groups in total. The molecule has 1 atom stereocenters. The van der Waals surface area contributed by atoms with Gasteiger partial charge in [-0.15, -0.1) is 0 Å². The molecule has 0 aliphatic carbocycles. The molecule has 0 spiro atoms. The van der Waals surface area contributed by atoms with Gasteiger partial charge in [-0.3, -0.25) is 0 Å². The summed E-state index contributed by atoms with van der Waals surface area (Å²) in [4.78, 5) is 0. The molecular formula is C17H20FNO2. The number of ether oxygens (including phenoxy) is 2. The van der Waals surface area contributed by atoms with Crippen molar-refractivity contribution in [1.82, 2.24) is 0 Å². The van der Waals surface area contributed by atoms with Crippen molar-refractivity contribution in [2.75, 3.05) is 7.11 Å². The lowest BCUT2D eigenvalue weighted by atomic mass is 10.1. The van der Waals surface area contributed by atoms with Gasteiger partial charge in [0.1, 0.15) is 12.4 Å². The zero-order chi connectivity index (χ0) is 15.4. The van der Waals surface area contributed by atoms with Gasteiger partial charge in [-0.05, 0) is 31.5 Å². The number of rotatable bonds is 5. The summed E-state index contributed by atoms with van der Waals surface area (Å²) >= 11 is 0. The second-order valence-electron chi connectivity index (χ2n) is 5.05. The van der Waals surface area contributed by atoms with Crippen LogP contribution in [0.4, 0.5) is 4.39 Å². The molecule has 0 aromatic heterocycles. The molecule has 0 amide bonds. The third-order valence-electron chi connectivity index (χ3n) is 3.31. The Hall–Kier alpha value is -2.07. The van der Waals surface area contributed by atoms with E-state index in [-0.39, 0.29) is 18.4 Å². The predicted molar refractivity (Wildman–Crippen MR) is 81.1 cm³/mol. The third-order valence-corrected chi connectivity index (χ3v) is 3.31. The summed E-state index contributed by atoms with van der Waals surface area (Å²) in [6.45, 7) is 4.00. The molecule has 0 unspecified atom stereocenters. The number of hydrogen-bond donors (Lipinski definition) is 1. The summed E-state index contributed by atoms with van der Waals surface area (Å²) in [5.74, 6) is 0.509. The van der Waals surface area contributed by atoms with Gasteiger partial charge in [-0.25, -0.2) is 4.39 Å². The minimum absolute atomic E-state index is 0.131. The first kappa shape index (κ1) is 15.3. The Kier molecular flexibility index (Phi) is 4.81. The third kappa shape index (κ3) is 3.52. The lowest BCUT2D eigenvalue weighted by molar-refractivity contribution is 0.291. The standard InChI is InChI=1S/C17H20FNO2/c1-11-7-8-14(12(2)19)16(9-11)21-10-13-5-4-6-15(20-3)17(13)18/h4-9,12H,10,19H2,1-3H3/t12-/m1/s1. The second kappa shape index (κ2) is 6.59. The summed E-state index contributed by atoms with van der Waals surface area (Å²) in [5, 5.41) is 0. The Labute approximate surface area is 124 Å². The molecule has 3 nitrogen and oxygen atoms in total. The molecule has 0 aliphatic rings. The molecule has 0 saturated heterocycles. The molecule has 0 aliphatic heterocycles. The SMILES string of the molecule is COc1cccc(COc2cc(C)ccc2[C@@H](C)N)c1F. The van der Waals surface area contributed by atoms with Crippen LogP contribution in [0.2, 0.25) is 0 Å². The first-order chi connectivity index (χ1) is 10.0. The molecule has 21 heavy (non-hydrogen) atoms. The highest BCUT2D eigenvalue weighted by molar-refractivity contribution is 5.39. The zero-order valence-electron chi connectivity index (χ0n) is 12.5. The van der Waals surface area contributed by atoms with Gasteiger partial charge in [0.2, 0.25) is 0 Å². The molecule has 0 fully saturated rings. The van der Waals surface area contributed by atoms with Crippen LogP contribution in [-0.4, -0.2) is 7.11 Å². The Morgan fingerprint density at radius 3 is 2.62 bits per heavy atom. The van der Waals surface area contributed by atoms with Crippen LogP contribution >= 0.6 is 0 Å². The van der Waals surface area contributed by atoms with Gasteiger partial charge in [-0.2, -0.15) is 0 Å². The van der Waals surface area contributed by atoms with E-state index in [2.05, 4.69) is 0 Å². The van der Waals surface area contributed by atoms with Crippen LogP contribution in [-0.2, 0) is 6.61 Å². The second-order valence-corrected chi connectivity index (χ2v) is 5.05. The van der Waals surface area contributed by atoms with Crippen molar-refractivity contribution in [2.45, 2.75) is 26.5 Å². The molecule has 0 bridgehead atoms. The van der Waals surface area contributed by atoms with Crippen molar-refractivity contribution in [3.05, 3.63) is 58.9 Å². The first-order valence-corrected chi connectivity index (χ1v) is 6.83. The monoisotopic (exact) mass is 289 g/mol. The van der Waals surface area contributed by atoms with Crippen LogP contribution in [0.1, 0.15) is 29.7 Å². The molecule has 0 radical (unpaired) electrons. The maximum absolute atomic E-state index is 14.1. The minimum Gasteiger partial charge on any atom is -0.494 e. The quantitative estimate of drug-likeness (QED) is 0.912. The fraction of sp³-hybridized carbons (Fsp3) is 0.294. The Morgan fingerprint density at radius 1 is 1.19 bits per heavy atom. The van der Waals surface area contributed by atoms with Gasteiger partial charge in [-0.1, -0.05) is 24.3 Å². The van der Waals surface area contributed by atoms with Crippen LogP contribution < -0.4 is 15.2 Å². The zero-order valence-corrected chi connectivity index (χ0v) is 12.5. The fourth-order valence-corrected chi connectivity index (χ4v) is 2.12. The van der Waals surface area contributed by atoms with Crippen molar-refractivity contribution in [2.24, 2.45) is 5.73 Å². The normalized spacial score (nSPS) is 12.0. The van der Waals surface area contributed by atoms with Crippen LogP contribution in [0, 0.1) is 12.7 Å². The van der Waals surface area contributed by atoms with Gasteiger partial charge >= 0.3 is 0 Å². The number of benzene rings is 2. The Bertz CT molecular complexity index is 626. The van der Waals surface area contributed by atoms with E-state index in [4.69, 9.17) is 15.2 Å². The van der Waals surface area contributed by atoms with E-state index < -0.39 is 5.82 Å². The number of aryl methyl sites for hydroxylation is 1. The van der Waals surface area contributed by atoms with Gasteiger partial charge in [0.25, 0.3) is 0 Å². The summed E-state index contributed by atoms with van der Waals surface area (Å²) in [5.41, 5.74) is 8.36. The lowest BCUT2D eigenvalue weighted by Gasteiger charge is -2.15. The van der Waals surface area contributed by atoms with Gasteiger partial charge < -0.3 is 15.2 Å². The number of hydrogen-bond acceptors (Lipinski definition) is 3. The van der Waals surface area contributed by atoms with E-state index in [0.29, 0.717) is 11.3 Å². The van der Waals surface area contributed by atoms with E-state index >= 15 is 0 Å². The van der Waals surface area contributed by atoms with E-state index in [1.807, 2.05) is 32.0 Å². The predicted octanol–water partition coefficient (Wildman–Crippen LogP) is 3.74. The summed E-state index contributed by atoms with van der Waals surface area (Å²) in [7, 11) is 1.44.